The third-order valence-electron chi connectivity index (χ3n) is 5.39. The molecular formula is C24H28ClF4NO4S. The van der Waals surface area contributed by atoms with Gasteiger partial charge >= 0.3 is 12.1 Å². The summed E-state index contributed by atoms with van der Waals surface area (Å²) in [6.07, 6.45) is -3.39. The molecule has 35 heavy (non-hydrogen) atoms. The second kappa shape index (κ2) is 12.3. The minimum Gasteiger partial charge on any atom is -0.462 e. The number of benzene rings is 1. The van der Waals surface area contributed by atoms with Gasteiger partial charge in [-0.2, -0.15) is 13.2 Å². The van der Waals surface area contributed by atoms with Crippen LogP contribution in [-0.2, 0) is 19.1 Å². The Labute approximate surface area is 211 Å². The van der Waals surface area contributed by atoms with Crippen LogP contribution in [0.25, 0.3) is 0 Å². The molecule has 0 aliphatic carbocycles. The molecule has 5 nitrogen and oxygen atoms in total. The Bertz CT molecular complexity index is 1010. The molecule has 1 aromatic rings. The maximum Gasteiger partial charge on any atom is 0.412 e. The fraction of sp³-hybridized carbons (Fsp3) is 0.500. The van der Waals surface area contributed by atoms with Crippen molar-refractivity contribution < 1.29 is 36.6 Å². The van der Waals surface area contributed by atoms with Crippen LogP contribution in [0, 0.1) is 5.82 Å². The molecule has 1 saturated heterocycles. The number of ether oxygens (including phenoxy) is 2. The van der Waals surface area contributed by atoms with Crippen LogP contribution in [0.2, 0.25) is 5.02 Å². The zero-order chi connectivity index (χ0) is 26.5. The summed E-state index contributed by atoms with van der Waals surface area (Å²) < 4.78 is 65.5. The molecule has 11 heteroatoms. The predicted octanol–water partition coefficient (Wildman–Crippen LogP) is 6.84. The van der Waals surface area contributed by atoms with Crippen LogP contribution in [0.5, 0.6) is 0 Å². The maximum absolute atomic E-state index is 14.9. The smallest absolute Gasteiger partial charge is 0.412 e. The number of carbonyl (C=O) groups is 2. The van der Waals surface area contributed by atoms with Crippen LogP contribution in [0.4, 0.5) is 23.2 Å². The molecule has 1 fully saturated rings. The van der Waals surface area contributed by atoms with Crippen molar-refractivity contribution >= 4 is 40.9 Å². The van der Waals surface area contributed by atoms with Gasteiger partial charge < -0.3 is 9.47 Å². The average Bonchev–Trinajstić information content (AvgIpc) is 3.28. The number of nitrogens with zero attached hydrogens (tertiary/aromatic N) is 1. The van der Waals surface area contributed by atoms with Crippen LogP contribution < -0.4 is 4.90 Å². The highest BCUT2D eigenvalue weighted by atomic mass is 35.5. The predicted molar refractivity (Wildman–Crippen MR) is 128 cm³/mol. The van der Waals surface area contributed by atoms with Gasteiger partial charge in [0.05, 0.1) is 16.8 Å². The van der Waals surface area contributed by atoms with Crippen molar-refractivity contribution in [1.29, 1.82) is 0 Å². The van der Waals surface area contributed by atoms with Crippen LogP contribution in [0.15, 0.2) is 40.5 Å². The third kappa shape index (κ3) is 7.47. The molecule has 0 spiro atoms. The van der Waals surface area contributed by atoms with Gasteiger partial charge in [-0.05, 0) is 52.2 Å². The van der Waals surface area contributed by atoms with E-state index in [-0.39, 0.29) is 40.4 Å². The van der Waals surface area contributed by atoms with Gasteiger partial charge in [0.1, 0.15) is 17.7 Å². The third-order valence-corrected chi connectivity index (χ3v) is 6.95. The number of amides is 1. The molecule has 0 radical (unpaired) electrons. The summed E-state index contributed by atoms with van der Waals surface area (Å²) in [5.41, 5.74) is -1.90. The topological polar surface area (TPSA) is 55.8 Å². The van der Waals surface area contributed by atoms with Crippen molar-refractivity contribution in [3.05, 3.63) is 46.4 Å². The second-order valence-electron chi connectivity index (χ2n) is 8.09. The molecule has 2 rings (SSSR count). The molecular weight excluding hydrogens is 510 g/mol. The lowest BCUT2D eigenvalue weighted by atomic mass is 10.0. The summed E-state index contributed by atoms with van der Waals surface area (Å²) in [4.78, 5) is 26.5. The van der Waals surface area contributed by atoms with Gasteiger partial charge in [0.2, 0.25) is 0 Å². The highest BCUT2D eigenvalue weighted by Crippen LogP contribution is 2.38. The van der Waals surface area contributed by atoms with E-state index in [1.807, 2.05) is 0 Å². The minimum absolute atomic E-state index is 0.0112. The molecule has 0 aromatic heterocycles. The van der Waals surface area contributed by atoms with E-state index < -0.39 is 40.3 Å². The van der Waals surface area contributed by atoms with Crippen molar-refractivity contribution in [2.45, 2.75) is 69.4 Å². The lowest BCUT2D eigenvalue weighted by Crippen LogP contribution is -2.32. The molecule has 1 amide bonds. The lowest BCUT2D eigenvalue weighted by molar-refractivity contribution is -0.145. The number of hydrogen-bond acceptors (Lipinski definition) is 5. The molecule has 194 valence electrons. The summed E-state index contributed by atoms with van der Waals surface area (Å²) in [5, 5.41) is -0.762. The van der Waals surface area contributed by atoms with Crippen molar-refractivity contribution in [1.82, 2.24) is 0 Å². The highest BCUT2D eigenvalue weighted by molar-refractivity contribution is 8.00. The average molecular weight is 538 g/mol. The Balaban J connectivity index is 2.34. The number of thioether (sulfide) groups is 1. The lowest BCUT2D eigenvalue weighted by Gasteiger charge is -2.26. The van der Waals surface area contributed by atoms with Crippen molar-refractivity contribution in [3.8, 4) is 0 Å². The Hall–Kier alpha value is -2.04. The number of rotatable bonds is 9. The van der Waals surface area contributed by atoms with Crippen molar-refractivity contribution in [3.63, 3.8) is 0 Å². The first kappa shape index (κ1) is 29.2. The van der Waals surface area contributed by atoms with E-state index in [9.17, 15) is 27.2 Å². The standard InChI is InChI=1S/C24H28ClF4NO4S/c1-6-17(14(4)24(27,28)29)22(31)30(13(2)3)20-11-21(18(25)10-19(20)26)35-15(5)23(32)34-12-16-8-7-9-33-16/h10-11,15-16H,2,6-9,12H2,1,3-5H3/b17-14+. The maximum atomic E-state index is 14.9. The SMILES string of the molecule is C=C(C)N(C(=O)/C(CC)=C(\C)C(F)(F)F)c1cc(SC(C)C(=O)OCC2CCCO2)c(Cl)cc1F. The Morgan fingerprint density at radius 1 is 1.34 bits per heavy atom. The highest BCUT2D eigenvalue weighted by Gasteiger charge is 2.36. The molecule has 2 atom stereocenters. The minimum atomic E-state index is -4.72. The zero-order valence-electron chi connectivity index (χ0n) is 19.9. The summed E-state index contributed by atoms with van der Waals surface area (Å²) in [6.45, 7) is 9.55. The van der Waals surface area contributed by atoms with Gasteiger partial charge in [0, 0.05) is 28.3 Å². The quantitative estimate of drug-likeness (QED) is 0.149. The molecule has 1 heterocycles. The van der Waals surface area contributed by atoms with Crippen LogP contribution >= 0.6 is 23.4 Å². The molecule has 1 aromatic carbocycles. The van der Waals surface area contributed by atoms with E-state index in [4.69, 9.17) is 21.1 Å². The number of alkyl halides is 3. The number of carbonyl (C=O) groups excluding carboxylic acids is 2. The number of esters is 1. The first-order valence-electron chi connectivity index (χ1n) is 11.0. The molecule has 0 saturated carbocycles. The normalized spacial score (nSPS) is 17.6. The van der Waals surface area contributed by atoms with Crippen molar-refractivity contribution in [2.75, 3.05) is 18.1 Å². The Morgan fingerprint density at radius 2 is 2.00 bits per heavy atom. The van der Waals surface area contributed by atoms with E-state index in [0.29, 0.717) is 6.61 Å². The molecule has 1 aliphatic heterocycles. The van der Waals surface area contributed by atoms with Crippen LogP contribution in [-0.4, -0.2) is 42.6 Å². The molecule has 2 unspecified atom stereocenters. The monoisotopic (exact) mass is 537 g/mol. The van der Waals surface area contributed by atoms with Gasteiger partial charge in [-0.1, -0.05) is 25.1 Å². The largest absolute Gasteiger partial charge is 0.462 e. The number of anilines is 1. The van der Waals surface area contributed by atoms with Gasteiger partial charge in [-0.25, -0.2) is 4.39 Å². The molecule has 0 bridgehead atoms. The van der Waals surface area contributed by atoms with E-state index in [2.05, 4.69) is 6.58 Å². The van der Waals surface area contributed by atoms with E-state index >= 15 is 0 Å². The Morgan fingerprint density at radius 3 is 2.51 bits per heavy atom. The fourth-order valence-electron chi connectivity index (χ4n) is 3.46. The van der Waals surface area contributed by atoms with Crippen LogP contribution in [0.1, 0.15) is 47.0 Å². The van der Waals surface area contributed by atoms with E-state index in [1.54, 1.807) is 6.92 Å². The number of halogens is 5. The van der Waals surface area contributed by atoms with Gasteiger partial charge in [-0.15, -0.1) is 11.8 Å². The second-order valence-corrected chi connectivity index (χ2v) is 9.88. The van der Waals surface area contributed by atoms with Gasteiger partial charge in [0.25, 0.3) is 5.91 Å². The van der Waals surface area contributed by atoms with Gasteiger partial charge in [-0.3, -0.25) is 14.5 Å². The molecule has 1 aliphatic rings. The van der Waals surface area contributed by atoms with E-state index in [0.717, 1.165) is 42.5 Å². The van der Waals surface area contributed by atoms with Crippen LogP contribution in [0.3, 0.4) is 0 Å². The summed E-state index contributed by atoms with van der Waals surface area (Å²) in [5.74, 6) is -2.50. The summed E-state index contributed by atoms with van der Waals surface area (Å²) >= 11 is 7.15. The Kier molecular flexibility index (Phi) is 10.2. The number of allylic oxidation sites excluding steroid dienone is 2. The first-order valence-corrected chi connectivity index (χ1v) is 12.2. The summed E-state index contributed by atoms with van der Waals surface area (Å²) in [7, 11) is 0. The summed E-state index contributed by atoms with van der Waals surface area (Å²) in [6, 6.07) is 2.16. The zero-order valence-corrected chi connectivity index (χ0v) is 21.5. The number of hydrogen-bond donors (Lipinski definition) is 0. The van der Waals surface area contributed by atoms with Crippen molar-refractivity contribution in [2.24, 2.45) is 0 Å². The molecule has 0 N–H and O–H groups in total. The first-order chi connectivity index (χ1) is 16.3. The van der Waals surface area contributed by atoms with E-state index in [1.165, 1.54) is 19.9 Å². The van der Waals surface area contributed by atoms with Gasteiger partial charge in [0.15, 0.2) is 0 Å². The fourth-order valence-corrected chi connectivity index (χ4v) is 4.64.